The zero-order valence-electron chi connectivity index (χ0n) is 25.2. The Kier molecular flexibility index (Phi) is 14.8. The number of benzene rings is 3. The summed E-state index contributed by atoms with van der Waals surface area (Å²) in [7, 11) is 0. The van der Waals surface area contributed by atoms with Crippen molar-refractivity contribution in [2.24, 2.45) is 9.98 Å². The number of para-hydroxylation sites is 2. The molecule has 0 saturated carbocycles. The minimum absolute atomic E-state index is 0. The van der Waals surface area contributed by atoms with Gasteiger partial charge in [0.25, 0.3) is 0 Å². The van der Waals surface area contributed by atoms with Crippen LogP contribution in [0.2, 0.25) is 0 Å². The third kappa shape index (κ3) is 10.7. The van der Waals surface area contributed by atoms with Crippen LogP contribution >= 0.6 is 0 Å². The second kappa shape index (κ2) is 18.5. The molecule has 0 atom stereocenters. The van der Waals surface area contributed by atoms with Gasteiger partial charge in [0.2, 0.25) is 0 Å². The molecular formula is C34H42N4O5V-2. The van der Waals surface area contributed by atoms with E-state index in [4.69, 9.17) is 9.47 Å². The number of hydrogen-bond acceptors (Lipinski definition) is 8. The third-order valence-electron chi connectivity index (χ3n) is 7.82. The molecule has 2 fully saturated rings. The first-order valence-electron chi connectivity index (χ1n) is 15.2. The Balaban J connectivity index is 0.00000264. The standard InChI is InChI=1S/C34H42N4O4.O.V/c39-33-23-29(41-21-19-37-15-5-1-6-16-37)13-11-27(33)25-35-31-9-3-4-10-32(31)36-26-28-12-14-30(24-34(28)40)42-22-20-38-17-7-2-8-18-38;;/h3-4,9-14,23-26,39-40H,1-2,5-8,15-22H2;;/q;-2;. The summed E-state index contributed by atoms with van der Waals surface area (Å²) in [6, 6.07) is 18.1. The Bertz CT molecular complexity index is 1250. The summed E-state index contributed by atoms with van der Waals surface area (Å²) in [6.45, 7) is 7.54. The summed E-state index contributed by atoms with van der Waals surface area (Å²) in [5, 5.41) is 21.1. The zero-order chi connectivity index (χ0) is 29.0. The molecule has 2 saturated heterocycles. The van der Waals surface area contributed by atoms with Crippen LogP contribution in [0.5, 0.6) is 23.0 Å². The van der Waals surface area contributed by atoms with Gasteiger partial charge in [-0.25, -0.2) is 0 Å². The van der Waals surface area contributed by atoms with Crippen LogP contribution in [0.25, 0.3) is 0 Å². The van der Waals surface area contributed by atoms with Gasteiger partial charge in [0.05, 0.1) is 11.4 Å². The van der Waals surface area contributed by atoms with Gasteiger partial charge in [-0.2, -0.15) is 0 Å². The van der Waals surface area contributed by atoms with E-state index in [2.05, 4.69) is 19.8 Å². The molecule has 10 heteroatoms. The molecular weight excluding hydrogens is 595 g/mol. The number of phenolic OH excluding ortho intramolecular Hbond substituents is 2. The van der Waals surface area contributed by atoms with Gasteiger partial charge in [0.15, 0.2) is 0 Å². The number of nitrogens with zero attached hydrogens (tertiary/aromatic N) is 4. The van der Waals surface area contributed by atoms with Gasteiger partial charge in [-0.1, -0.05) is 25.0 Å². The fourth-order valence-electron chi connectivity index (χ4n) is 5.36. The second-order valence-corrected chi connectivity index (χ2v) is 10.9. The topological polar surface area (TPSA) is 119 Å². The number of phenols is 2. The average Bonchev–Trinajstić information content (AvgIpc) is 3.02. The fourth-order valence-corrected chi connectivity index (χ4v) is 5.36. The molecule has 0 unspecified atom stereocenters. The minimum Gasteiger partial charge on any atom is -2.00 e. The van der Waals surface area contributed by atoms with Gasteiger partial charge in [0, 0.05) is 67.3 Å². The number of aromatic hydroxyl groups is 2. The van der Waals surface area contributed by atoms with Crippen LogP contribution in [-0.4, -0.2) is 84.9 Å². The summed E-state index contributed by atoms with van der Waals surface area (Å²) in [6.07, 6.45) is 10.9. The number of hydrogen-bond donors (Lipinski definition) is 2. The smallest absolute Gasteiger partial charge is 0.128 e. The van der Waals surface area contributed by atoms with E-state index in [1.54, 1.807) is 36.7 Å². The van der Waals surface area contributed by atoms with E-state index in [0.717, 1.165) is 39.3 Å². The maximum Gasteiger partial charge on any atom is 0.128 e. The molecule has 1 radical (unpaired) electrons. The van der Waals surface area contributed by atoms with Crippen LogP contribution in [0.1, 0.15) is 49.7 Å². The van der Waals surface area contributed by atoms with Gasteiger partial charge >= 0.3 is 0 Å². The minimum atomic E-state index is 0. The normalized spacial score (nSPS) is 16.0. The quantitative estimate of drug-likeness (QED) is 0.228. The summed E-state index contributed by atoms with van der Waals surface area (Å²) in [4.78, 5) is 14.0. The Labute approximate surface area is 272 Å². The average molecular weight is 638 g/mol. The molecule has 5 rings (SSSR count). The first kappa shape index (κ1) is 35.1. The summed E-state index contributed by atoms with van der Waals surface area (Å²) < 4.78 is 11.7. The Morgan fingerprint density at radius 1 is 0.614 bits per heavy atom. The first-order valence-corrected chi connectivity index (χ1v) is 15.2. The van der Waals surface area contributed by atoms with Gasteiger partial charge in [-0.05, 0) is 88.3 Å². The number of piperidine rings is 2. The Morgan fingerprint density at radius 2 is 1.02 bits per heavy atom. The molecule has 0 spiro atoms. The van der Waals surface area contributed by atoms with Crippen molar-refractivity contribution in [1.82, 2.24) is 9.80 Å². The van der Waals surface area contributed by atoms with Crippen molar-refractivity contribution in [3.05, 3.63) is 71.8 Å². The van der Waals surface area contributed by atoms with E-state index >= 15 is 0 Å². The van der Waals surface area contributed by atoms with E-state index in [1.165, 1.54) is 38.5 Å². The molecule has 2 N–H and O–H groups in total. The van der Waals surface area contributed by atoms with E-state index in [1.807, 2.05) is 36.4 Å². The van der Waals surface area contributed by atoms with Crippen molar-refractivity contribution in [3.8, 4) is 23.0 Å². The van der Waals surface area contributed by atoms with Crippen LogP contribution < -0.4 is 9.47 Å². The van der Waals surface area contributed by atoms with Gasteiger partial charge < -0.3 is 25.2 Å². The largest absolute Gasteiger partial charge is 2.00 e. The molecule has 235 valence electrons. The molecule has 0 amide bonds. The van der Waals surface area contributed by atoms with E-state index in [0.29, 0.717) is 47.2 Å². The molecule has 2 aliphatic rings. The molecule has 0 aromatic heterocycles. The van der Waals surface area contributed by atoms with Crippen molar-refractivity contribution in [3.63, 3.8) is 0 Å². The zero-order valence-corrected chi connectivity index (χ0v) is 26.6. The summed E-state index contributed by atoms with van der Waals surface area (Å²) in [5.74, 6) is 1.51. The molecule has 44 heavy (non-hydrogen) atoms. The Morgan fingerprint density at radius 3 is 1.41 bits per heavy atom. The van der Waals surface area contributed by atoms with Crippen LogP contribution in [0, 0.1) is 0 Å². The first-order chi connectivity index (χ1) is 20.6. The van der Waals surface area contributed by atoms with E-state index in [9.17, 15) is 10.2 Å². The van der Waals surface area contributed by atoms with Crippen LogP contribution in [0.3, 0.4) is 0 Å². The number of aliphatic imine (C=N–C) groups is 2. The third-order valence-corrected chi connectivity index (χ3v) is 7.82. The number of ether oxygens (including phenoxy) is 2. The summed E-state index contributed by atoms with van der Waals surface area (Å²) >= 11 is 0. The molecule has 2 heterocycles. The van der Waals surface area contributed by atoms with Crippen LogP contribution in [-0.2, 0) is 24.0 Å². The van der Waals surface area contributed by atoms with Crippen molar-refractivity contribution in [2.45, 2.75) is 38.5 Å². The van der Waals surface area contributed by atoms with Crippen molar-refractivity contribution >= 4 is 23.8 Å². The monoisotopic (exact) mass is 637 g/mol. The van der Waals surface area contributed by atoms with Crippen LogP contribution in [0.15, 0.2) is 70.6 Å². The van der Waals surface area contributed by atoms with Crippen LogP contribution in [0.4, 0.5) is 11.4 Å². The van der Waals surface area contributed by atoms with Gasteiger partial charge in [-0.15, -0.1) is 0 Å². The maximum atomic E-state index is 10.6. The molecule has 9 nitrogen and oxygen atoms in total. The Hall–Kier alpha value is -3.34. The predicted molar refractivity (Wildman–Crippen MR) is 169 cm³/mol. The molecule has 0 aliphatic carbocycles. The predicted octanol–water partition coefficient (Wildman–Crippen LogP) is 6.21. The molecule has 3 aromatic rings. The van der Waals surface area contributed by atoms with Crippen molar-refractivity contribution in [1.29, 1.82) is 0 Å². The fraction of sp³-hybridized carbons (Fsp3) is 0.412. The van der Waals surface area contributed by atoms with E-state index in [-0.39, 0.29) is 35.5 Å². The van der Waals surface area contributed by atoms with E-state index < -0.39 is 0 Å². The maximum absolute atomic E-state index is 10.6. The van der Waals surface area contributed by atoms with Gasteiger partial charge in [-0.3, -0.25) is 19.8 Å². The van der Waals surface area contributed by atoms with Gasteiger partial charge in [0.1, 0.15) is 36.2 Å². The number of likely N-dealkylation sites (tertiary alicyclic amines) is 2. The number of rotatable bonds is 12. The summed E-state index contributed by atoms with van der Waals surface area (Å²) in [5.41, 5.74) is 2.47. The second-order valence-electron chi connectivity index (χ2n) is 10.9. The van der Waals surface area contributed by atoms with Crippen molar-refractivity contribution < 1.29 is 43.7 Å². The van der Waals surface area contributed by atoms with Crippen molar-refractivity contribution in [2.75, 3.05) is 52.5 Å². The molecule has 0 bridgehead atoms. The SMILES string of the molecule is Oc1cc(OCCN2CCCCC2)ccc1C=Nc1ccccc1N=Cc1ccc(OCCN2CCCCC2)cc1O.[O-2].[V]. The molecule has 2 aliphatic heterocycles. The molecule has 3 aromatic carbocycles.